The Kier molecular flexibility index (Phi) is 5.93. The standard InChI is InChI=1S/C11H27NO2Si2/c1-8-12(15(2,3)4)10-9-11(13)14-16(5,6)7/h8-10H2,1-7H3. The summed E-state index contributed by atoms with van der Waals surface area (Å²) in [5, 5.41) is 0. The molecule has 0 radical (unpaired) electrons. The smallest absolute Gasteiger partial charge is 0.293 e. The lowest BCUT2D eigenvalue weighted by molar-refractivity contribution is -0.135. The van der Waals surface area contributed by atoms with Gasteiger partial charge in [-0.25, -0.2) is 0 Å². The van der Waals surface area contributed by atoms with Crippen molar-refractivity contribution in [3.8, 4) is 0 Å². The average Bonchev–Trinajstić information content (AvgIpc) is 1.98. The second-order valence-electron chi connectivity index (χ2n) is 6.09. The molecule has 0 saturated carbocycles. The molecule has 5 heteroatoms. The Hall–Kier alpha value is -0.136. The Balaban J connectivity index is 4.09. The molecule has 0 aromatic heterocycles. The van der Waals surface area contributed by atoms with E-state index in [1.54, 1.807) is 0 Å². The molecule has 0 heterocycles. The first kappa shape index (κ1) is 15.9. The van der Waals surface area contributed by atoms with Crippen LogP contribution in [0.4, 0.5) is 0 Å². The lowest BCUT2D eigenvalue weighted by Crippen LogP contribution is -2.47. The zero-order valence-corrected chi connectivity index (χ0v) is 13.9. The normalized spacial score (nSPS) is 13.0. The maximum atomic E-state index is 11.6. The third-order valence-electron chi connectivity index (χ3n) is 2.34. The minimum Gasteiger partial charge on any atom is -0.520 e. The molecule has 96 valence electrons. The molecular weight excluding hydrogens is 234 g/mol. The summed E-state index contributed by atoms with van der Waals surface area (Å²) in [6.07, 6.45) is 0.530. The van der Waals surface area contributed by atoms with Crippen molar-refractivity contribution in [3.05, 3.63) is 0 Å². The van der Waals surface area contributed by atoms with Gasteiger partial charge in [0.1, 0.15) is 8.24 Å². The van der Waals surface area contributed by atoms with E-state index >= 15 is 0 Å². The molecule has 0 aliphatic carbocycles. The van der Waals surface area contributed by atoms with Crippen molar-refractivity contribution in [1.82, 2.24) is 4.57 Å². The summed E-state index contributed by atoms with van der Waals surface area (Å²) in [4.78, 5) is 11.6. The molecule has 0 unspecified atom stereocenters. The zero-order chi connectivity index (χ0) is 13.0. The topological polar surface area (TPSA) is 29.5 Å². The molecule has 0 aromatic carbocycles. The van der Waals surface area contributed by atoms with Crippen LogP contribution in [0.5, 0.6) is 0 Å². The summed E-state index contributed by atoms with van der Waals surface area (Å²) < 4.78 is 7.86. The molecule has 0 aliphatic heterocycles. The molecule has 0 spiro atoms. The van der Waals surface area contributed by atoms with Crippen molar-refractivity contribution >= 4 is 22.5 Å². The predicted octanol–water partition coefficient (Wildman–Crippen LogP) is 2.91. The van der Waals surface area contributed by atoms with Crippen LogP contribution in [0.2, 0.25) is 39.3 Å². The lowest BCUT2D eigenvalue weighted by atomic mass is 10.4. The summed E-state index contributed by atoms with van der Waals surface area (Å²) in [7, 11) is -2.98. The van der Waals surface area contributed by atoms with E-state index in [1.165, 1.54) is 0 Å². The highest BCUT2D eigenvalue weighted by Crippen LogP contribution is 2.11. The van der Waals surface area contributed by atoms with Crippen molar-refractivity contribution in [2.24, 2.45) is 0 Å². The Labute approximate surface area is 102 Å². The first-order valence-corrected chi connectivity index (χ1v) is 12.9. The van der Waals surface area contributed by atoms with Gasteiger partial charge < -0.3 is 8.99 Å². The minimum absolute atomic E-state index is 0.0316. The van der Waals surface area contributed by atoms with Crippen LogP contribution in [0.15, 0.2) is 0 Å². The van der Waals surface area contributed by atoms with Gasteiger partial charge in [-0.05, 0) is 26.2 Å². The van der Waals surface area contributed by atoms with Gasteiger partial charge in [0, 0.05) is 6.54 Å². The number of carbonyl (C=O) groups is 1. The van der Waals surface area contributed by atoms with E-state index in [4.69, 9.17) is 4.43 Å². The van der Waals surface area contributed by atoms with Crippen LogP contribution in [0.25, 0.3) is 0 Å². The number of nitrogens with zero attached hydrogens (tertiary/aromatic N) is 1. The molecule has 3 nitrogen and oxygen atoms in total. The molecule has 0 amide bonds. The van der Waals surface area contributed by atoms with Crippen LogP contribution in [-0.2, 0) is 9.22 Å². The second kappa shape index (κ2) is 5.98. The molecule has 0 atom stereocenters. The summed E-state index contributed by atoms with van der Waals surface area (Å²) in [5.41, 5.74) is 0. The highest BCUT2D eigenvalue weighted by Gasteiger charge is 2.24. The van der Waals surface area contributed by atoms with Gasteiger partial charge in [0.15, 0.2) is 0 Å². The molecule has 0 aliphatic rings. The van der Waals surface area contributed by atoms with Crippen molar-refractivity contribution in [1.29, 1.82) is 0 Å². The van der Waals surface area contributed by atoms with Gasteiger partial charge in [0.25, 0.3) is 5.97 Å². The minimum atomic E-state index is -1.71. The maximum absolute atomic E-state index is 11.6. The highest BCUT2D eigenvalue weighted by molar-refractivity contribution is 6.73. The van der Waals surface area contributed by atoms with Gasteiger partial charge in [-0.3, -0.25) is 4.79 Å². The van der Waals surface area contributed by atoms with Crippen molar-refractivity contribution < 1.29 is 9.22 Å². The fourth-order valence-corrected chi connectivity index (χ4v) is 4.10. The maximum Gasteiger partial charge on any atom is 0.293 e. The molecule has 0 saturated heterocycles. The van der Waals surface area contributed by atoms with Crippen LogP contribution in [0.3, 0.4) is 0 Å². The van der Waals surface area contributed by atoms with E-state index in [-0.39, 0.29) is 5.97 Å². The van der Waals surface area contributed by atoms with Gasteiger partial charge in [0.05, 0.1) is 6.42 Å². The molecule has 0 aromatic rings. The van der Waals surface area contributed by atoms with E-state index in [1.807, 2.05) is 19.6 Å². The second-order valence-corrected chi connectivity index (χ2v) is 15.5. The largest absolute Gasteiger partial charge is 0.520 e. The van der Waals surface area contributed by atoms with Gasteiger partial charge in [-0.1, -0.05) is 26.6 Å². The van der Waals surface area contributed by atoms with Crippen molar-refractivity contribution in [3.63, 3.8) is 0 Å². The average molecular weight is 262 g/mol. The van der Waals surface area contributed by atoms with E-state index in [9.17, 15) is 4.79 Å². The Morgan fingerprint density at radius 3 is 1.94 bits per heavy atom. The quantitative estimate of drug-likeness (QED) is 0.689. The van der Waals surface area contributed by atoms with Crippen LogP contribution >= 0.6 is 0 Å². The van der Waals surface area contributed by atoms with Crippen LogP contribution < -0.4 is 0 Å². The fraction of sp³-hybridized carbons (Fsp3) is 0.909. The van der Waals surface area contributed by atoms with Crippen molar-refractivity contribution in [2.75, 3.05) is 13.1 Å². The molecule has 0 fully saturated rings. The summed E-state index contributed by atoms with van der Waals surface area (Å²) >= 11 is 0. The predicted molar refractivity (Wildman–Crippen MR) is 74.6 cm³/mol. The SMILES string of the molecule is CCN(CCC(=O)O[Si](C)(C)C)[Si](C)(C)C. The van der Waals surface area contributed by atoms with Crippen LogP contribution in [0, 0.1) is 0 Å². The Morgan fingerprint density at radius 2 is 1.62 bits per heavy atom. The summed E-state index contributed by atoms with van der Waals surface area (Å²) in [5.74, 6) is -0.0316. The zero-order valence-electron chi connectivity index (χ0n) is 11.9. The molecule has 16 heavy (non-hydrogen) atoms. The van der Waals surface area contributed by atoms with Crippen molar-refractivity contribution in [2.45, 2.75) is 52.6 Å². The van der Waals surface area contributed by atoms with Crippen LogP contribution in [0.1, 0.15) is 13.3 Å². The van der Waals surface area contributed by atoms with Gasteiger partial charge in [-0.15, -0.1) is 0 Å². The Bertz CT molecular complexity index is 231. The third kappa shape index (κ3) is 7.19. The van der Waals surface area contributed by atoms with Gasteiger partial charge in [-0.2, -0.15) is 0 Å². The first-order chi connectivity index (χ1) is 7.06. The first-order valence-electron chi connectivity index (χ1n) is 6.03. The number of rotatable bonds is 6. The van der Waals surface area contributed by atoms with Gasteiger partial charge in [0.2, 0.25) is 8.32 Å². The fourth-order valence-electron chi connectivity index (χ4n) is 1.59. The molecule has 0 bridgehead atoms. The number of hydrogen-bond donors (Lipinski definition) is 0. The third-order valence-corrected chi connectivity index (χ3v) is 5.61. The van der Waals surface area contributed by atoms with E-state index in [0.717, 1.165) is 13.1 Å². The highest BCUT2D eigenvalue weighted by atomic mass is 28.4. The number of carbonyl (C=O) groups excluding carboxylic acids is 1. The Morgan fingerprint density at radius 1 is 1.12 bits per heavy atom. The van der Waals surface area contributed by atoms with Crippen LogP contribution in [-0.4, -0.2) is 40.2 Å². The van der Waals surface area contributed by atoms with E-state index < -0.39 is 16.6 Å². The summed E-state index contributed by atoms with van der Waals surface area (Å²) in [6.45, 7) is 17.1. The van der Waals surface area contributed by atoms with Gasteiger partial charge >= 0.3 is 0 Å². The summed E-state index contributed by atoms with van der Waals surface area (Å²) in [6, 6.07) is 0. The van der Waals surface area contributed by atoms with E-state index in [2.05, 4.69) is 31.1 Å². The lowest BCUT2D eigenvalue weighted by Gasteiger charge is -2.32. The monoisotopic (exact) mass is 261 g/mol. The molecule has 0 N–H and O–H groups in total. The van der Waals surface area contributed by atoms with E-state index in [0.29, 0.717) is 6.42 Å². The molecule has 0 rings (SSSR count). The molecular formula is C11H27NO2Si2. The number of hydrogen-bond acceptors (Lipinski definition) is 3.